The number of hydrogen-bond donors (Lipinski definition) is 0. The lowest BCUT2D eigenvalue weighted by atomic mass is 9.98. The molecule has 7 heteroatoms. The molecule has 0 fully saturated rings. The lowest BCUT2D eigenvalue weighted by molar-refractivity contribution is 0.0710. The zero-order chi connectivity index (χ0) is 19.7. The van der Waals surface area contributed by atoms with Crippen LogP contribution < -0.4 is 0 Å². The quantitative estimate of drug-likeness (QED) is 0.457. The number of rotatable bonds is 3. The van der Waals surface area contributed by atoms with Crippen molar-refractivity contribution in [2.24, 2.45) is 5.10 Å². The number of pyridine rings is 1. The minimum absolute atomic E-state index is 0.210. The summed E-state index contributed by atoms with van der Waals surface area (Å²) in [6.45, 7) is 0. The number of aromatic nitrogens is 1. The fourth-order valence-electron chi connectivity index (χ4n) is 3.12. The highest BCUT2D eigenvalue weighted by Crippen LogP contribution is 2.34. The standard InChI is InChI=1S/C21H14BrCl2N3O/c22-16-9-15(11-25-12-16)21(28)27-20(14-3-7-18(24)8-4-14)10-19(26-27)13-1-5-17(23)6-2-13/h1-9,11-12,20H,10H2. The van der Waals surface area contributed by atoms with Gasteiger partial charge in [-0.3, -0.25) is 9.78 Å². The van der Waals surface area contributed by atoms with Crippen molar-refractivity contribution in [2.45, 2.75) is 12.5 Å². The summed E-state index contributed by atoms with van der Waals surface area (Å²) < 4.78 is 0.738. The highest BCUT2D eigenvalue weighted by atomic mass is 79.9. The van der Waals surface area contributed by atoms with E-state index in [9.17, 15) is 4.79 Å². The molecule has 1 amide bonds. The van der Waals surface area contributed by atoms with Gasteiger partial charge in [-0.25, -0.2) is 5.01 Å². The molecule has 0 spiro atoms. The zero-order valence-corrected chi connectivity index (χ0v) is 17.6. The Bertz CT molecular complexity index is 1050. The van der Waals surface area contributed by atoms with Crippen LogP contribution in [0.4, 0.5) is 0 Å². The Morgan fingerprint density at radius 1 is 1.00 bits per heavy atom. The summed E-state index contributed by atoms with van der Waals surface area (Å²) in [4.78, 5) is 17.3. The van der Waals surface area contributed by atoms with Crippen LogP contribution in [-0.4, -0.2) is 21.6 Å². The molecular weight excluding hydrogens is 461 g/mol. The number of hydrogen-bond acceptors (Lipinski definition) is 3. The van der Waals surface area contributed by atoms with Crippen LogP contribution in [0.2, 0.25) is 10.0 Å². The highest BCUT2D eigenvalue weighted by Gasteiger charge is 2.33. The van der Waals surface area contributed by atoms with Gasteiger partial charge in [0.2, 0.25) is 0 Å². The number of nitrogens with zero attached hydrogens (tertiary/aromatic N) is 3. The van der Waals surface area contributed by atoms with Gasteiger partial charge in [0.25, 0.3) is 5.91 Å². The van der Waals surface area contributed by atoms with Crippen LogP contribution in [0, 0.1) is 0 Å². The van der Waals surface area contributed by atoms with Crippen molar-refractivity contribution < 1.29 is 4.79 Å². The van der Waals surface area contributed by atoms with Crippen molar-refractivity contribution in [3.8, 4) is 0 Å². The minimum atomic E-state index is -0.227. The van der Waals surface area contributed by atoms with Crippen LogP contribution in [0.15, 0.2) is 76.6 Å². The maximum absolute atomic E-state index is 13.2. The van der Waals surface area contributed by atoms with Gasteiger partial charge in [-0.1, -0.05) is 47.5 Å². The molecule has 0 saturated heterocycles. The normalized spacial score (nSPS) is 16.2. The molecule has 1 atom stereocenters. The summed E-state index contributed by atoms with van der Waals surface area (Å²) in [6, 6.07) is 16.5. The molecule has 4 nitrogen and oxygen atoms in total. The first kappa shape index (κ1) is 19.1. The van der Waals surface area contributed by atoms with Gasteiger partial charge in [0.15, 0.2) is 0 Å². The second kappa shape index (κ2) is 8.03. The summed E-state index contributed by atoms with van der Waals surface area (Å²) >= 11 is 15.4. The molecule has 1 aromatic heterocycles. The molecular formula is C21H14BrCl2N3O. The zero-order valence-electron chi connectivity index (χ0n) is 14.5. The van der Waals surface area contributed by atoms with Gasteiger partial charge in [-0.15, -0.1) is 0 Å². The van der Waals surface area contributed by atoms with Gasteiger partial charge >= 0.3 is 0 Å². The SMILES string of the molecule is O=C(c1cncc(Br)c1)N1N=C(c2ccc(Cl)cc2)CC1c1ccc(Cl)cc1. The van der Waals surface area contributed by atoms with Gasteiger partial charge in [0, 0.05) is 33.3 Å². The molecule has 0 saturated carbocycles. The molecule has 1 aliphatic rings. The number of carbonyl (C=O) groups is 1. The topological polar surface area (TPSA) is 45.6 Å². The van der Waals surface area contributed by atoms with Gasteiger partial charge in [-0.2, -0.15) is 5.10 Å². The van der Waals surface area contributed by atoms with Crippen LogP contribution in [-0.2, 0) is 0 Å². The maximum Gasteiger partial charge on any atom is 0.276 e. The van der Waals surface area contributed by atoms with Crippen molar-refractivity contribution in [1.82, 2.24) is 9.99 Å². The number of halogens is 3. The maximum atomic E-state index is 13.2. The van der Waals surface area contributed by atoms with Crippen molar-refractivity contribution in [3.63, 3.8) is 0 Å². The smallest absolute Gasteiger partial charge is 0.267 e. The van der Waals surface area contributed by atoms with E-state index in [0.717, 1.165) is 21.3 Å². The molecule has 0 bridgehead atoms. The Labute approximate surface area is 180 Å². The van der Waals surface area contributed by atoms with E-state index in [1.165, 1.54) is 5.01 Å². The molecule has 0 aliphatic carbocycles. The Morgan fingerprint density at radius 3 is 2.29 bits per heavy atom. The van der Waals surface area contributed by atoms with E-state index in [1.54, 1.807) is 18.5 Å². The highest BCUT2D eigenvalue weighted by molar-refractivity contribution is 9.10. The summed E-state index contributed by atoms with van der Waals surface area (Å²) in [5.41, 5.74) is 3.20. The Kier molecular flexibility index (Phi) is 5.49. The van der Waals surface area contributed by atoms with E-state index in [0.29, 0.717) is 22.0 Å². The number of benzene rings is 2. The predicted molar refractivity (Wildman–Crippen MR) is 115 cm³/mol. The molecule has 1 unspecified atom stereocenters. The second-order valence-corrected chi connectivity index (χ2v) is 8.16. The molecule has 0 N–H and O–H groups in total. The van der Waals surface area contributed by atoms with E-state index in [-0.39, 0.29) is 11.9 Å². The van der Waals surface area contributed by atoms with E-state index < -0.39 is 0 Å². The van der Waals surface area contributed by atoms with Gasteiger partial charge in [-0.05, 0) is 57.4 Å². The average molecular weight is 475 g/mol. The average Bonchev–Trinajstić information content (AvgIpc) is 3.14. The van der Waals surface area contributed by atoms with E-state index >= 15 is 0 Å². The van der Waals surface area contributed by atoms with Crippen molar-refractivity contribution >= 4 is 50.8 Å². The lowest BCUT2D eigenvalue weighted by Gasteiger charge is -2.22. The van der Waals surface area contributed by atoms with Crippen molar-refractivity contribution in [2.75, 3.05) is 0 Å². The van der Waals surface area contributed by atoms with Crippen LogP contribution in [0.1, 0.15) is 33.9 Å². The first-order chi connectivity index (χ1) is 13.5. The third-order valence-corrected chi connectivity index (χ3v) is 5.44. The van der Waals surface area contributed by atoms with Gasteiger partial charge < -0.3 is 0 Å². The first-order valence-corrected chi connectivity index (χ1v) is 10.1. The third kappa shape index (κ3) is 3.97. The second-order valence-electron chi connectivity index (χ2n) is 6.37. The Hall–Kier alpha value is -2.21. The molecule has 140 valence electrons. The van der Waals surface area contributed by atoms with Crippen molar-refractivity contribution in [3.05, 3.63) is 98.2 Å². The number of amides is 1. The minimum Gasteiger partial charge on any atom is -0.267 e. The number of hydrazone groups is 1. The molecule has 2 heterocycles. The first-order valence-electron chi connectivity index (χ1n) is 8.54. The van der Waals surface area contributed by atoms with Crippen LogP contribution in [0.3, 0.4) is 0 Å². The molecule has 1 aliphatic heterocycles. The van der Waals surface area contributed by atoms with Crippen LogP contribution >= 0.6 is 39.1 Å². The molecule has 2 aromatic carbocycles. The number of carbonyl (C=O) groups excluding carboxylic acids is 1. The monoisotopic (exact) mass is 473 g/mol. The predicted octanol–water partition coefficient (Wildman–Crippen LogP) is 6.14. The Balaban J connectivity index is 1.73. The summed E-state index contributed by atoms with van der Waals surface area (Å²) in [6.07, 6.45) is 3.78. The van der Waals surface area contributed by atoms with Crippen LogP contribution in [0.5, 0.6) is 0 Å². The fraction of sp³-hybridized carbons (Fsp3) is 0.0952. The lowest BCUT2D eigenvalue weighted by Crippen LogP contribution is -2.27. The molecule has 28 heavy (non-hydrogen) atoms. The van der Waals surface area contributed by atoms with E-state index in [4.69, 9.17) is 23.2 Å². The summed E-state index contributed by atoms with van der Waals surface area (Å²) in [5, 5.41) is 7.48. The van der Waals surface area contributed by atoms with E-state index in [1.807, 2.05) is 48.5 Å². The molecule has 0 radical (unpaired) electrons. The molecule has 3 aromatic rings. The van der Waals surface area contributed by atoms with Gasteiger partial charge in [0.1, 0.15) is 0 Å². The summed E-state index contributed by atoms with van der Waals surface area (Å²) in [7, 11) is 0. The van der Waals surface area contributed by atoms with Gasteiger partial charge in [0.05, 0.1) is 17.3 Å². The van der Waals surface area contributed by atoms with Crippen LogP contribution in [0.25, 0.3) is 0 Å². The Morgan fingerprint density at radius 2 is 1.64 bits per heavy atom. The van der Waals surface area contributed by atoms with Crippen molar-refractivity contribution in [1.29, 1.82) is 0 Å². The molecule has 4 rings (SSSR count). The largest absolute Gasteiger partial charge is 0.276 e. The summed E-state index contributed by atoms with van der Waals surface area (Å²) in [5.74, 6) is -0.210. The van der Waals surface area contributed by atoms with E-state index in [2.05, 4.69) is 26.0 Å². The fourth-order valence-corrected chi connectivity index (χ4v) is 3.74. The third-order valence-electron chi connectivity index (χ3n) is 4.50.